The number of rotatable bonds is 4. The molecule has 24 heavy (non-hydrogen) atoms. The number of benzene rings is 2. The van der Waals surface area contributed by atoms with E-state index in [1.165, 1.54) is 18.3 Å². The van der Waals surface area contributed by atoms with Crippen molar-refractivity contribution in [2.45, 2.75) is 6.92 Å². The second-order valence-electron chi connectivity index (χ2n) is 5.01. The zero-order chi connectivity index (χ0) is 17.1. The highest BCUT2D eigenvalue weighted by atomic mass is 32.1. The van der Waals surface area contributed by atoms with Gasteiger partial charge in [0, 0.05) is 12.5 Å². The number of hydrogen-bond acceptors (Lipinski definition) is 5. The smallest absolute Gasteiger partial charge is 0.257 e. The van der Waals surface area contributed by atoms with E-state index in [1.54, 1.807) is 43.5 Å². The number of nitrogens with zero attached hydrogens (tertiary/aromatic N) is 1. The van der Waals surface area contributed by atoms with Crippen molar-refractivity contribution in [3.63, 3.8) is 0 Å². The number of carbonyl (C=O) groups excluding carboxylic acids is 2. The van der Waals surface area contributed by atoms with Crippen LogP contribution < -0.4 is 15.4 Å². The Balaban J connectivity index is 1.97. The number of nitrogens with one attached hydrogen (secondary N) is 2. The Morgan fingerprint density at radius 3 is 2.50 bits per heavy atom. The maximum absolute atomic E-state index is 12.3. The lowest BCUT2D eigenvalue weighted by molar-refractivity contribution is -0.114. The molecule has 0 radical (unpaired) electrons. The molecule has 0 saturated carbocycles. The molecule has 0 spiro atoms. The number of amides is 2. The van der Waals surface area contributed by atoms with Crippen LogP contribution in [0.3, 0.4) is 0 Å². The Morgan fingerprint density at radius 1 is 1.08 bits per heavy atom. The normalized spacial score (nSPS) is 10.4. The summed E-state index contributed by atoms with van der Waals surface area (Å²) in [7, 11) is 1.55. The number of anilines is 2. The molecule has 0 saturated heterocycles. The van der Waals surface area contributed by atoms with Gasteiger partial charge in [-0.3, -0.25) is 14.9 Å². The molecule has 2 N–H and O–H groups in total. The summed E-state index contributed by atoms with van der Waals surface area (Å²) in [6, 6.07) is 12.4. The van der Waals surface area contributed by atoms with Gasteiger partial charge >= 0.3 is 0 Å². The van der Waals surface area contributed by atoms with Crippen LogP contribution >= 0.6 is 11.3 Å². The number of carbonyl (C=O) groups is 2. The fourth-order valence-corrected chi connectivity index (χ4v) is 3.19. The zero-order valence-corrected chi connectivity index (χ0v) is 13.9. The predicted octanol–water partition coefficient (Wildman–Crippen LogP) is 3.52. The molecule has 0 bridgehead atoms. The molecular formula is C17H15N3O3S. The fourth-order valence-electron chi connectivity index (χ4n) is 2.25. The topological polar surface area (TPSA) is 80.3 Å². The number of aromatic nitrogens is 1. The van der Waals surface area contributed by atoms with Gasteiger partial charge in [-0.25, -0.2) is 4.98 Å². The Morgan fingerprint density at radius 2 is 1.83 bits per heavy atom. The molecule has 1 aromatic heterocycles. The largest absolute Gasteiger partial charge is 0.494 e. The Hall–Kier alpha value is -2.93. The third-order valence-electron chi connectivity index (χ3n) is 3.29. The number of hydrogen-bond donors (Lipinski definition) is 2. The van der Waals surface area contributed by atoms with Gasteiger partial charge in [0.1, 0.15) is 11.3 Å². The van der Waals surface area contributed by atoms with E-state index in [0.717, 1.165) is 4.70 Å². The summed E-state index contributed by atoms with van der Waals surface area (Å²) in [5.41, 5.74) is 1.78. The quantitative estimate of drug-likeness (QED) is 0.761. The summed E-state index contributed by atoms with van der Waals surface area (Å²) in [6.07, 6.45) is 0. The molecule has 1 heterocycles. The lowest BCUT2D eigenvalue weighted by atomic mass is 10.2. The van der Waals surface area contributed by atoms with Crippen LogP contribution in [-0.2, 0) is 4.79 Å². The third kappa shape index (κ3) is 3.21. The second kappa shape index (κ2) is 6.67. The molecule has 0 fully saturated rings. The molecule has 0 unspecified atom stereocenters. The van der Waals surface area contributed by atoms with Crippen molar-refractivity contribution in [3.8, 4) is 5.75 Å². The van der Waals surface area contributed by atoms with Crippen molar-refractivity contribution in [1.29, 1.82) is 0 Å². The fraction of sp³-hybridized carbons (Fsp3) is 0.118. The number of ether oxygens (including phenoxy) is 1. The minimum absolute atomic E-state index is 0.176. The lowest BCUT2D eigenvalue weighted by Crippen LogP contribution is -2.11. The summed E-state index contributed by atoms with van der Waals surface area (Å²) in [6.45, 7) is 1.44. The minimum atomic E-state index is -0.241. The van der Waals surface area contributed by atoms with E-state index in [1.807, 2.05) is 6.07 Å². The molecule has 2 aromatic carbocycles. The van der Waals surface area contributed by atoms with E-state index in [0.29, 0.717) is 27.6 Å². The number of fused-ring (bicyclic) bond motifs is 1. The summed E-state index contributed by atoms with van der Waals surface area (Å²) in [4.78, 5) is 28.0. The summed E-state index contributed by atoms with van der Waals surface area (Å²) in [5.74, 6) is 0.162. The van der Waals surface area contributed by atoms with Crippen molar-refractivity contribution in [2.75, 3.05) is 17.7 Å². The SMILES string of the molecule is COc1ccc(NC(C)=O)c2sc(NC(=O)c3ccccc3)nc12. The first-order valence-corrected chi connectivity index (χ1v) is 8.01. The van der Waals surface area contributed by atoms with Gasteiger partial charge in [0.25, 0.3) is 5.91 Å². The van der Waals surface area contributed by atoms with Crippen LogP contribution in [0.2, 0.25) is 0 Å². The molecule has 3 rings (SSSR count). The molecule has 122 valence electrons. The van der Waals surface area contributed by atoms with Crippen LogP contribution in [0.1, 0.15) is 17.3 Å². The highest BCUT2D eigenvalue weighted by molar-refractivity contribution is 7.23. The van der Waals surface area contributed by atoms with Crippen LogP contribution in [0.25, 0.3) is 10.2 Å². The summed E-state index contributed by atoms with van der Waals surface area (Å²) >= 11 is 1.28. The van der Waals surface area contributed by atoms with Crippen molar-refractivity contribution in [2.24, 2.45) is 0 Å². The average molecular weight is 341 g/mol. The monoisotopic (exact) mass is 341 g/mol. The summed E-state index contributed by atoms with van der Waals surface area (Å²) in [5, 5.41) is 5.98. The van der Waals surface area contributed by atoms with E-state index >= 15 is 0 Å². The van der Waals surface area contributed by atoms with Crippen LogP contribution in [0, 0.1) is 0 Å². The Labute approximate surface area is 142 Å². The maximum Gasteiger partial charge on any atom is 0.257 e. The van der Waals surface area contributed by atoms with E-state index < -0.39 is 0 Å². The van der Waals surface area contributed by atoms with Crippen LogP contribution in [0.4, 0.5) is 10.8 Å². The van der Waals surface area contributed by atoms with Gasteiger partial charge in [0.05, 0.1) is 17.5 Å². The number of thiazole rings is 1. The predicted molar refractivity (Wildman–Crippen MR) is 94.9 cm³/mol. The lowest BCUT2D eigenvalue weighted by Gasteiger charge is -2.05. The highest BCUT2D eigenvalue weighted by Gasteiger charge is 2.15. The molecule has 2 amide bonds. The van der Waals surface area contributed by atoms with E-state index in [-0.39, 0.29) is 11.8 Å². The van der Waals surface area contributed by atoms with Gasteiger partial charge in [-0.15, -0.1) is 0 Å². The highest BCUT2D eigenvalue weighted by Crippen LogP contribution is 2.37. The maximum atomic E-state index is 12.3. The van der Waals surface area contributed by atoms with E-state index in [9.17, 15) is 9.59 Å². The van der Waals surface area contributed by atoms with Crippen molar-refractivity contribution in [1.82, 2.24) is 4.98 Å². The first kappa shape index (κ1) is 15.9. The van der Waals surface area contributed by atoms with Gasteiger partial charge in [-0.2, -0.15) is 0 Å². The zero-order valence-electron chi connectivity index (χ0n) is 13.1. The minimum Gasteiger partial charge on any atom is -0.494 e. The van der Waals surface area contributed by atoms with Crippen molar-refractivity contribution >= 4 is 44.2 Å². The van der Waals surface area contributed by atoms with Crippen LogP contribution in [0.5, 0.6) is 5.75 Å². The van der Waals surface area contributed by atoms with Crippen molar-refractivity contribution in [3.05, 3.63) is 48.0 Å². The number of methoxy groups -OCH3 is 1. The van der Waals surface area contributed by atoms with Gasteiger partial charge in [0.2, 0.25) is 5.91 Å². The first-order valence-electron chi connectivity index (χ1n) is 7.20. The first-order chi connectivity index (χ1) is 11.6. The van der Waals surface area contributed by atoms with Crippen LogP contribution in [-0.4, -0.2) is 23.9 Å². The second-order valence-corrected chi connectivity index (χ2v) is 6.01. The van der Waals surface area contributed by atoms with Gasteiger partial charge in [-0.1, -0.05) is 29.5 Å². The molecule has 3 aromatic rings. The van der Waals surface area contributed by atoms with Crippen LogP contribution in [0.15, 0.2) is 42.5 Å². The molecule has 0 aliphatic rings. The summed E-state index contributed by atoms with van der Waals surface area (Å²) < 4.78 is 6.05. The molecule has 0 atom stereocenters. The third-order valence-corrected chi connectivity index (χ3v) is 4.30. The Bertz CT molecular complexity index is 906. The molecular weight excluding hydrogens is 326 g/mol. The molecule has 7 heteroatoms. The van der Waals surface area contributed by atoms with E-state index in [2.05, 4.69) is 15.6 Å². The molecule has 0 aliphatic heterocycles. The van der Waals surface area contributed by atoms with E-state index in [4.69, 9.17) is 4.74 Å². The van der Waals surface area contributed by atoms with Crippen molar-refractivity contribution < 1.29 is 14.3 Å². The average Bonchev–Trinajstić information content (AvgIpc) is 2.99. The van der Waals surface area contributed by atoms with Gasteiger partial charge < -0.3 is 10.1 Å². The van der Waals surface area contributed by atoms with Gasteiger partial charge in [0.15, 0.2) is 5.13 Å². The standard InChI is InChI=1S/C17H15N3O3S/c1-10(21)18-12-8-9-13(23-2)14-15(12)24-17(19-14)20-16(22)11-6-4-3-5-7-11/h3-9H,1-2H3,(H,18,21)(H,19,20,22). The molecule has 6 nitrogen and oxygen atoms in total. The Kier molecular flexibility index (Phi) is 4.43. The molecule has 0 aliphatic carbocycles. The van der Waals surface area contributed by atoms with Gasteiger partial charge in [-0.05, 0) is 24.3 Å².